The minimum absolute atomic E-state index is 0.0341. The van der Waals surface area contributed by atoms with Crippen molar-refractivity contribution in [3.05, 3.63) is 34.9 Å². The number of rotatable bonds is 0. The normalized spacial score (nSPS) is 39.0. The van der Waals surface area contributed by atoms with Gasteiger partial charge in [-0.25, -0.2) is 0 Å². The van der Waals surface area contributed by atoms with Crippen molar-refractivity contribution in [2.45, 2.75) is 60.0 Å². The molecule has 23 heavy (non-hydrogen) atoms. The summed E-state index contributed by atoms with van der Waals surface area (Å²) in [4.78, 5) is 24.4. The van der Waals surface area contributed by atoms with Gasteiger partial charge in [0.25, 0.3) is 0 Å². The van der Waals surface area contributed by atoms with Gasteiger partial charge < -0.3 is 5.11 Å². The molecule has 2 aliphatic carbocycles. The molecule has 2 aliphatic rings. The predicted octanol–water partition coefficient (Wildman–Crippen LogP) is 3.78. The van der Waals surface area contributed by atoms with E-state index in [1.807, 2.05) is 13.0 Å². The average Bonchev–Trinajstić information content (AvgIpc) is 2.94. The largest absolute Gasteiger partial charge is 0.381 e. The van der Waals surface area contributed by atoms with Crippen molar-refractivity contribution in [3.8, 4) is 0 Å². The van der Waals surface area contributed by atoms with Crippen LogP contribution in [0.2, 0.25) is 0 Å². The molecule has 1 N–H and O–H groups in total. The van der Waals surface area contributed by atoms with Crippen molar-refractivity contribution >= 4 is 11.6 Å². The zero-order valence-corrected chi connectivity index (χ0v) is 14.8. The first-order valence-electron chi connectivity index (χ1n) is 8.41. The van der Waals surface area contributed by atoms with E-state index in [1.165, 1.54) is 6.08 Å². The van der Waals surface area contributed by atoms with Gasteiger partial charge in [0, 0.05) is 6.42 Å². The molecule has 0 aromatic heterocycles. The molecule has 2 rings (SSSR count). The second kappa shape index (κ2) is 6.56. The number of carbonyl (C=O) groups excluding carboxylic acids is 2. The first-order valence-corrected chi connectivity index (χ1v) is 8.41. The van der Waals surface area contributed by atoms with E-state index in [-0.39, 0.29) is 23.4 Å². The van der Waals surface area contributed by atoms with Crippen molar-refractivity contribution in [2.24, 2.45) is 17.3 Å². The number of ketones is 2. The molecule has 0 unspecified atom stereocenters. The molecular formula is C20H28O3. The van der Waals surface area contributed by atoms with Gasteiger partial charge in [-0.2, -0.15) is 0 Å². The van der Waals surface area contributed by atoms with E-state index in [2.05, 4.69) is 13.8 Å². The van der Waals surface area contributed by atoms with Gasteiger partial charge in [-0.05, 0) is 68.6 Å². The van der Waals surface area contributed by atoms with Gasteiger partial charge in [0.2, 0.25) is 0 Å². The van der Waals surface area contributed by atoms with E-state index in [9.17, 15) is 14.7 Å². The summed E-state index contributed by atoms with van der Waals surface area (Å²) in [6, 6.07) is 0. The number of aliphatic hydroxyl groups is 1. The third-order valence-electron chi connectivity index (χ3n) is 5.38. The Labute approximate surface area is 139 Å². The lowest BCUT2D eigenvalue weighted by atomic mass is 9.99. The van der Waals surface area contributed by atoms with Crippen molar-refractivity contribution < 1.29 is 14.7 Å². The highest BCUT2D eigenvalue weighted by molar-refractivity contribution is 5.99. The van der Waals surface area contributed by atoms with E-state index in [0.717, 1.165) is 24.0 Å². The molecular weight excluding hydrogens is 288 g/mol. The standard InChI is InChI=1S/C20H28O3/c1-12-6-7-16-17(20(16,4)5)11-14(3)19(23)18(22)10-13(2)9-15(21)8-12/h8,10-11,16-18,22H,6-7,9H2,1-5H3/b12-8+,13-10+,14-11-/t16-,17+,18+/m0/s1. The van der Waals surface area contributed by atoms with Gasteiger partial charge in [0.1, 0.15) is 6.10 Å². The summed E-state index contributed by atoms with van der Waals surface area (Å²) >= 11 is 0. The SMILES string of the molecule is C/C1=C/[C@@H]2[C@H](CC/C(C)=C/C(=O)C/C(C)=C/[C@@H](O)C1=O)C2(C)C. The zero-order chi connectivity index (χ0) is 17.4. The molecule has 1 saturated carbocycles. The quantitative estimate of drug-likeness (QED) is 0.692. The Morgan fingerprint density at radius 2 is 1.74 bits per heavy atom. The number of carbonyl (C=O) groups is 2. The number of hydrogen-bond donors (Lipinski definition) is 1. The fraction of sp³-hybridized carbons (Fsp3) is 0.600. The van der Waals surface area contributed by atoms with Crippen LogP contribution in [0.15, 0.2) is 34.9 Å². The minimum Gasteiger partial charge on any atom is -0.381 e. The van der Waals surface area contributed by atoms with Crippen LogP contribution in [0, 0.1) is 17.3 Å². The summed E-state index contributed by atoms with van der Waals surface area (Å²) < 4.78 is 0. The highest BCUT2D eigenvalue weighted by Gasteiger charge is 2.55. The van der Waals surface area contributed by atoms with Crippen LogP contribution in [0.25, 0.3) is 0 Å². The number of fused-ring (bicyclic) bond motifs is 1. The lowest BCUT2D eigenvalue weighted by Gasteiger charge is -2.08. The highest BCUT2D eigenvalue weighted by Crippen LogP contribution is 2.61. The summed E-state index contributed by atoms with van der Waals surface area (Å²) in [6.45, 7) is 10.0. The Kier molecular flexibility index (Phi) is 5.10. The van der Waals surface area contributed by atoms with Crippen LogP contribution >= 0.6 is 0 Å². The topological polar surface area (TPSA) is 54.4 Å². The maximum atomic E-state index is 12.3. The third-order valence-corrected chi connectivity index (χ3v) is 5.38. The van der Waals surface area contributed by atoms with E-state index < -0.39 is 6.10 Å². The molecule has 0 aliphatic heterocycles. The molecule has 0 radical (unpaired) electrons. The van der Waals surface area contributed by atoms with Crippen molar-refractivity contribution in [1.82, 2.24) is 0 Å². The number of allylic oxidation sites excluding steroid dienone is 4. The van der Waals surface area contributed by atoms with Gasteiger partial charge in [-0.3, -0.25) is 9.59 Å². The Bertz CT molecular complexity index is 604. The van der Waals surface area contributed by atoms with Gasteiger partial charge in [0.05, 0.1) is 0 Å². The van der Waals surface area contributed by atoms with E-state index in [4.69, 9.17) is 0 Å². The summed E-state index contributed by atoms with van der Waals surface area (Å²) in [5.41, 5.74) is 2.65. The fourth-order valence-corrected chi connectivity index (χ4v) is 3.71. The lowest BCUT2D eigenvalue weighted by molar-refractivity contribution is -0.121. The second-order valence-corrected chi connectivity index (χ2v) is 7.80. The third kappa shape index (κ3) is 4.08. The molecule has 126 valence electrons. The molecule has 0 spiro atoms. The Balaban J connectivity index is 2.32. The van der Waals surface area contributed by atoms with Crippen molar-refractivity contribution in [1.29, 1.82) is 0 Å². The van der Waals surface area contributed by atoms with Crippen LogP contribution in [0.3, 0.4) is 0 Å². The van der Waals surface area contributed by atoms with Crippen LogP contribution in [0.5, 0.6) is 0 Å². The molecule has 0 bridgehead atoms. The molecule has 0 aromatic carbocycles. The molecule has 3 atom stereocenters. The molecule has 3 nitrogen and oxygen atoms in total. The van der Waals surface area contributed by atoms with E-state index in [1.54, 1.807) is 19.9 Å². The van der Waals surface area contributed by atoms with Crippen LogP contribution in [0.1, 0.15) is 53.9 Å². The molecule has 3 heteroatoms. The summed E-state index contributed by atoms with van der Waals surface area (Å²) in [6.07, 6.45) is 6.29. The van der Waals surface area contributed by atoms with Crippen molar-refractivity contribution in [2.75, 3.05) is 0 Å². The summed E-state index contributed by atoms with van der Waals surface area (Å²) in [5.74, 6) is 0.671. The summed E-state index contributed by atoms with van der Waals surface area (Å²) in [7, 11) is 0. The monoisotopic (exact) mass is 316 g/mol. The maximum Gasteiger partial charge on any atom is 0.190 e. The lowest BCUT2D eigenvalue weighted by Crippen LogP contribution is -2.19. The maximum absolute atomic E-state index is 12.3. The van der Waals surface area contributed by atoms with Crippen LogP contribution in [0.4, 0.5) is 0 Å². The molecule has 0 amide bonds. The van der Waals surface area contributed by atoms with Crippen LogP contribution < -0.4 is 0 Å². The van der Waals surface area contributed by atoms with Crippen molar-refractivity contribution in [3.63, 3.8) is 0 Å². The molecule has 1 fully saturated rings. The highest BCUT2D eigenvalue weighted by atomic mass is 16.3. The van der Waals surface area contributed by atoms with Gasteiger partial charge in [-0.1, -0.05) is 31.1 Å². The van der Waals surface area contributed by atoms with E-state index >= 15 is 0 Å². The van der Waals surface area contributed by atoms with Crippen LogP contribution in [-0.2, 0) is 9.59 Å². The predicted molar refractivity (Wildman–Crippen MR) is 91.9 cm³/mol. The Morgan fingerprint density at radius 1 is 1.09 bits per heavy atom. The molecule has 0 heterocycles. The minimum atomic E-state index is -1.16. The molecule has 0 saturated heterocycles. The fourth-order valence-electron chi connectivity index (χ4n) is 3.71. The smallest absolute Gasteiger partial charge is 0.190 e. The average molecular weight is 316 g/mol. The number of hydrogen-bond acceptors (Lipinski definition) is 3. The first-order chi connectivity index (χ1) is 10.6. The second-order valence-electron chi connectivity index (χ2n) is 7.80. The number of Topliss-reactive ketones (excluding diaryl/α,β-unsaturated/α-hetero) is 1. The Morgan fingerprint density at radius 3 is 2.39 bits per heavy atom. The number of aliphatic hydroxyl groups excluding tert-OH is 1. The van der Waals surface area contributed by atoms with Gasteiger partial charge in [0.15, 0.2) is 11.6 Å². The van der Waals surface area contributed by atoms with Gasteiger partial charge >= 0.3 is 0 Å². The molecule has 0 aromatic rings. The van der Waals surface area contributed by atoms with Crippen LogP contribution in [-0.4, -0.2) is 22.8 Å². The summed E-state index contributed by atoms with van der Waals surface area (Å²) in [5, 5.41) is 10.1. The van der Waals surface area contributed by atoms with E-state index in [0.29, 0.717) is 17.4 Å². The first kappa shape index (κ1) is 17.9. The Hall–Kier alpha value is -1.48. The van der Waals surface area contributed by atoms with Gasteiger partial charge in [-0.15, -0.1) is 0 Å². The zero-order valence-electron chi connectivity index (χ0n) is 14.8.